The van der Waals surface area contributed by atoms with E-state index in [9.17, 15) is 4.79 Å². The molecule has 6 heteroatoms. The van der Waals surface area contributed by atoms with Crippen LogP contribution in [0.15, 0.2) is 21.2 Å². The molecule has 0 saturated carbocycles. The number of anilines is 1. The molecular formula is C20H28BrNO4. The first kappa shape index (κ1) is 20.8. The molecule has 0 bridgehead atoms. The predicted octanol–water partition coefficient (Wildman–Crippen LogP) is 5.32. The highest BCUT2D eigenvalue weighted by atomic mass is 79.9. The first-order valence-corrected chi connectivity index (χ1v) is 10.0. The van der Waals surface area contributed by atoms with Gasteiger partial charge in [0, 0.05) is 42.9 Å². The highest BCUT2D eigenvalue weighted by molar-refractivity contribution is 9.10. The van der Waals surface area contributed by atoms with E-state index in [1.165, 1.54) is 7.11 Å². The molecule has 26 heavy (non-hydrogen) atoms. The van der Waals surface area contributed by atoms with Gasteiger partial charge in [-0.25, -0.2) is 4.79 Å². The number of esters is 1. The average molecular weight is 426 g/mol. The van der Waals surface area contributed by atoms with Crippen molar-refractivity contribution < 1.29 is 18.7 Å². The number of halogens is 1. The Balaban J connectivity index is 0.00000117. The minimum atomic E-state index is -0.337. The summed E-state index contributed by atoms with van der Waals surface area (Å²) < 4.78 is 16.8. The molecule has 2 aromatic rings. The summed E-state index contributed by atoms with van der Waals surface area (Å²) in [5.74, 6) is -0.337. The van der Waals surface area contributed by atoms with Crippen molar-refractivity contribution in [3.05, 3.63) is 27.9 Å². The van der Waals surface area contributed by atoms with E-state index in [4.69, 9.17) is 13.9 Å². The molecule has 0 spiro atoms. The summed E-state index contributed by atoms with van der Waals surface area (Å²) in [6, 6.07) is 4.26. The van der Waals surface area contributed by atoms with Crippen LogP contribution < -0.4 is 4.90 Å². The van der Waals surface area contributed by atoms with Crippen LogP contribution in [0.5, 0.6) is 0 Å². The molecule has 1 fully saturated rings. The Hall–Kier alpha value is -1.53. The smallest absolute Gasteiger partial charge is 0.338 e. The van der Waals surface area contributed by atoms with Gasteiger partial charge in [-0.05, 0) is 54.2 Å². The third-order valence-corrected chi connectivity index (χ3v) is 5.09. The number of methoxy groups -OCH3 is 1. The lowest BCUT2D eigenvalue weighted by atomic mass is 9.99. The van der Waals surface area contributed by atoms with Crippen LogP contribution >= 0.6 is 15.9 Å². The van der Waals surface area contributed by atoms with Crippen LogP contribution in [0.25, 0.3) is 11.0 Å². The minimum absolute atomic E-state index is 0.337. The molecule has 1 aliphatic rings. The van der Waals surface area contributed by atoms with E-state index in [1.807, 2.05) is 32.9 Å². The van der Waals surface area contributed by atoms with Gasteiger partial charge in [0.2, 0.25) is 0 Å². The van der Waals surface area contributed by atoms with Crippen molar-refractivity contribution in [1.29, 1.82) is 0 Å². The van der Waals surface area contributed by atoms with Gasteiger partial charge < -0.3 is 18.8 Å². The fraction of sp³-hybridized carbons (Fsp3) is 0.550. The molecule has 1 aromatic carbocycles. The van der Waals surface area contributed by atoms with Crippen molar-refractivity contribution in [2.45, 2.75) is 46.6 Å². The van der Waals surface area contributed by atoms with Crippen molar-refractivity contribution in [3.8, 4) is 0 Å². The topological polar surface area (TPSA) is 51.9 Å². The van der Waals surface area contributed by atoms with Gasteiger partial charge in [0.15, 0.2) is 4.67 Å². The standard InChI is InChI=1S/C18H22BrNO4.C2H6/c1-4-20(12-5-7-23-8-6-12)14-10-15-13(9-16(19)24-15)17(11(14)2)18(21)22-3;1-2/h9-10,12H,4-8H2,1-3H3;1-2H3. The number of nitrogens with zero attached hydrogens (tertiary/aromatic N) is 1. The molecule has 0 atom stereocenters. The molecule has 144 valence electrons. The van der Waals surface area contributed by atoms with Gasteiger partial charge in [0.05, 0.1) is 12.7 Å². The number of fused-ring (bicyclic) bond motifs is 1. The monoisotopic (exact) mass is 425 g/mol. The highest BCUT2D eigenvalue weighted by Gasteiger charge is 2.26. The summed E-state index contributed by atoms with van der Waals surface area (Å²) in [6.07, 6.45) is 1.97. The predicted molar refractivity (Wildman–Crippen MR) is 108 cm³/mol. The number of carbonyl (C=O) groups is 1. The van der Waals surface area contributed by atoms with Crippen LogP contribution in [0, 0.1) is 6.92 Å². The van der Waals surface area contributed by atoms with Gasteiger partial charge in [-0.2, -0.15) is 0 Å². The van der Waals surface area contributed by atoms with E-state index in [-0.39, 0.29) is 5.97 Å². The number of carbonyl (C=O) groups excluding carboxylic acids is 1. The van der Waals surface area contributed by atoms with E-state index in [0.717, 1.165) is 49.2 Å². The second kappa shape index (κ2) is 9.42. The van der Waals surface area contributed by atoms with Crippen molar-refractivity contribution >= 4 is 38.6 Å². The Morgan fingerprint density at radius 2 is 1.96 bits per heavy atom. The second-order valence-electron chi connectivity index (χ2n) is 5.98. The van der Waals surface area contributed by atoms with Gasteiger partial charge in [-0.15, -0.1) is 0 Å². The zero-order valence-corrected chi connectivity index (χ0v) is 17.8. The van der Waals surface area contributed by atoms with E-state index in [1.54, 1.807) is 0 Å². The van der Waals surface area contributed by atoms with E-state index in [2.05, 4.69) is 27.8 Å². The Kier molecular flexibility index (Phi) is 7.53. The lowest BCUT2D eigenvalue weighted by Crippen LogP contribution is -2.40. The zero-order valence-electron chi connectivity index (χ0n) is 16.2. The van der Waals surface area contributed by atoms with Crippen LogP contribution in [0.2, 0.25) is 0 Å². The maximum absolute atomic E-state index is 12.4. The summed E-state index contributed by atoms with van der Waals surface area (Å²) in [7, 11) is 1.41. The molecule has 0 unspecified atom stereocenters. The Morgan fingerprint density at radius 1 is 1.31 bits per heavy atom. The van der Waals surface area contributed by atoms with E-state index >= 15 is 0 Å². The molecule has 0 amide bonds. The number of furan rings is 1. The van der Waals surface area contributed by atoms with Gasteiger partial charge >= 0.3 is 5.97 Å². The van der Waals surface area contributed by atoms with Crippen LogP contribution in [-0.4, -0.2) is 38.9 Å². The summed E-state index contributed by atoms with van der Waals surface area (Å²) in [4.78, 5) is 14.7. The maximum Gasteiger partial charge on any atom is 0.338 e. The van der Waals surface area contributed by atoms with Crippen LogP contribution in [0.1, 0.15) is 49.5 Å². The quantitative estimate of drug-likeness (QED) is 0.620. The van der Waals surface area contributed by atoms with Gasteiger partial charge in [-0.3, -0.25) is 0 Å². The van der Waals surface area contributed by atoms with E-state index in [0.29, 0.717) is 21.9 Å². The fourth-order valence-corrected chi connectivity index (χ4v) is 3.93. The molecule has 1 aliphatic heterocycles. The number of ether oxygens (including phenoxy) is 2. The third kappa shape index (κ3) is 4.07. The van der Waals surface area contributed by atoms with Crippen molar-refractivity contribution in [2.75, 3.05) is 31.8 Å². The first-order chi connectivity index (χ1) is 12.6. The number of rotatable bonds is 4. The molecule has 1 aromatic heterocycles. The van der Waals surface area contributed by atoms with Crippen molar-refractivity contribution in [2.24, 2.45) is 0 Å². The molecule has 0 aliphatic carbocycles. The lowest BCUT2D eigenvalue weighted by molar-refractivity contribution is 0.0602. The molecule has 1 saturated heterocycles. The first-order valence-electron chi connectivity index (χ1n) is 9.22. The Labute approximate surface area is 163 Å². The summed E-state index contributed by atoms with van der Waals surface area (Å²) in [5.41, 5.74) is 3.22. The average Bonchev–Trinajstić information content (AvgIpc) is 3.04. The maximum atomic E-state index is 12.4. The van der Waals surface area contributed by atoms with Crippen molar-refractivity contribution in [1.82, 2.24) is 0 Å². The Bertz CT molecular complexity index is 750. The Morgan fingerprint density at radius 3 is 2.54 bits per heavy atom. The normalized spacial score (nSPS) is 14.7. The largest absolute Gasteiger partial charge is 0.465 e. The summed E-state index contributed by atoms with van der Waals surface area (Å²) >= 11 is 3.36. The van der Waals surface area contributed by atoms with Crippen LogP contribution in [0.4, 0.5) is 5.69 Å². The zero-order chi connectivity index (χ0) is 19.3. The molecule has 0 N–H and O–H groups in total. The van der Waals surface area contributed by atoms with Gasteiger partial charge in [-0.1, -0.05) is 13.8 Å². The molecule has 2 heterocycles. The third-order valence-electron chi connectivity index (χ3n) is 4.70. The summed E-state index contributed by atoms with van der Waals surface area (Å²) in [6.45, 7) is 10.5. The lowest BCUT2D eigenvalue weighted by Gasteiger charge is -2.36. The van der Waals surface area contributed by atoms with Gasteiger partial charge in [0.25, 0.3) is 0 Å². The molecule has 0 radical (unpaired) electrons. The molecule has 3 rings (SSSR count). The van der Waals surface area contributed by atoms with E-state index < -0.39 is 0 Å². The molecular weight excluding hydrogens is 398 g/mol. The van der Waals surface area contributed by atoms with Gasteiger partial charge in [0.1, 0.15) is 5.58 Å². The van der Waals surface area contributed by atoms with Crippen molar-refractivity contribution in [3.63, 3.8) is 0 Å². The minimum Gasteiger partial charge on any atom is -0.465 e. The summed E-state index contributed by atoms with van der Waals surface area (Å²) in [5, 5.41) is 0.776. The van der Waals surface area contributed by atoms with Crippen LogP contribution in [0.3, 0.4) is 0 Å². The number of benzene rings is 1. The van der Waals surface area contributed by atoms with Crippen LogP contribution in [-0.2, 0) is 9.47 Å². The SMILES string of the molecule is CC.CCN(c1cc2oc(Br)cc2c(C(=O)OC)c1C)C1CCOCC1. The molecule has 5 nitrogen and oxygen atoms in total. The number of hydrogen-bond donors (Lipinski definition) is 0. The highest BCUT2D eigenvalue weighted by Crippen LogP contribution is 2.36. The number of hydrogen-bond acceptors (Lipinski definition) is 5. The second-order valence-corrected chi connectivity index (χ2v) is 6.76. The fourth-order valence-electron chi connectivity index (χ4n) is 3.52.